The number of hydrogen-bond donors (Lipinski definition) is 2. The van der Waals surface area contributed by atoms with Gasteiger partial charge in [-0.3, -0.25) is 0 Å². The van der Waals surface area contributed by atoms with E-state index in [4.69, 9.17) is 16.8 Å². The fourth-order valence-electron chi connectivity index (χ4n) is 0.814. The zero-order chi connectivity index (χ0) is 9.56. The molecule has 0 radical (unpaired) electrons. The van der Waals surface area contributed by atoms with E-state index in [0.29, 0.717) is 0 Å². The minimum atomic E-state index is 0.799. The lowest BCUT2D eigenvalue weighted by Gasteiger charge is -2.12. The summed E-state index contributed by atoms with van der Waals surface area (Å²) in [6, 6.07) is 7.77. The standard InChI is InChI=1S/C8H10ClN.H3NO/c1-10(2)8-6-4-3-5-7(8)9;1-2/h3-6H,1-2H3;2H,1H2. The number of anilines is 1. The van der Waals surface area contributed by atoms with E-state index < -0.39 is 0 Å². The van der Waals surface area contributed by atoms with Gasteiger partial charge in [0.2, 0.25) is 0 Å². The molecule has 0 aliphatic heterocycles. The van der Waals surface area contributed by atoms with E-state index >= 15 is 0 Å². The molecule has 3 nitrogen and oxygen atoms in total. The first kappa shape index (κ1) is 11.2. The SMILES string of the molecule is CN(C)c1ccccc1Cl.NO. The highest BCUT2D eigenvalue weighted by atomic mass is 35.5. The van der Waals surface area contributed by atoms with Crippen LogP contribution < -0.4 is 10.8 Å². The molecule has 0 fully saturated rings. The number of nitrogens with two attached hydrogens (primary N) is 1. The molecule has 0 aliphatic rings. The van der Waals surface area contributed by atoms with Crippen LogP contribution in [0.4, 0.5) is 5.69 Å². The van der Waals surface area contributed by atoms with E-state index in [9.17, 15) is 0 Å². The Morgan fingerprint density at radius 2 is 1.75 bits per heavy atom. The Labute approximate surface area is 77.3 Å². The number of rotatable bonds is 1. The lowest BCUT2D eigenvalue weighted by atomic mass is 10.3. The maximum atomic E-state index is 6.50. The van der Waals surface area contributed by atoms with Crippen LogP contribution in [0.15, 0.2) is 24.3 Å². The first-order valence-electron chi connectivity index (χ1n) is 3.39. The normalized spacial score (nSPS) is 8.42. The Kier molecular flexibility index (Phi) is 5.45. The maximum absolute atomic E-state index is 6.50. The Bertz CT molecular complexity index is 228. The second kappa shape index (κ2) is 5.83. The van der Waals surface area contributed by atoms with E-state index in [1.54, 1.807) is 0 Å². The van der Waals surface area contributed by atoms with Crippen molar-refractivity contribution in [3.63, 3.8) is 0 Å². The van der Waals surface area contributed by atoms with Crippen LogP contribution in [0, 0.1) is 0 Å². The molecule has 1 rings (SSSR count). The summed E-state index contributed by atoms with van der Waals surface area (Å²) in [4.78, 5) is 1.99. The van der Waals surface area contributed by atoms with Gasteiger partial charge in [0, 0.05) is 14.1 Å². The topological polar surface area (TPSA) is 49.5 Å². The predicted molar refractivity (Wildman–Crippen MR) is 51.8 cm³/mol. The molecular weight excluding hydrogens is 176 g/mol. The smallest absolute Gasteiger partial charge is 0.0639 e. The lowest BCUT2D eigenvalue weighted by Crippen LogP contribution is -2.08. The zero-order valence-corrected chi connectivity index (χ0v) is 7.92. The van der Waals surface area contributed by atoms with Crippen LogP contribution in [0.3, 0.4) is 0 Å². The van der Waals surface area contributed by atoms with Gasteiger partial charge in [0.25, 0.3) is 0 Å². The average Bonchev–Trinajstić information content (AvgIpc) is 2.08. The third kappa shape index (κ3) is 3.09. The third-order valence-electron chi connectivity index (χ3n) is 1.33. The van der Waals surface area contributed by atoms with Crippen molar-refractivity contribution in [3.05, 3.63) is 29.3 Å². The molecule has 0 aromatic heterocycles. The Hall–Kier alpha value is -0.770. The van der Waals surface area contributed by atoms with Crippen molar-refractivity contribution in [3.8, 4) is 0 Å². The highest BCUT2D eigenvalue weighted by Gasteiger charge is 1.97. The van der Waals surface area contributed by atoms with Crippen LogP contribution in [-0.2, 0) is 0 Å². The Balaban J connectivity index is 0.000000561. The molecule has 0 aliphatic carbocycles. The van der Waals surface area contributed by atoms with Crippen molar-refractivity contribution in [1.29, 1.82) is 0 Å². The van der Waals surface area contributed by atoms with Crippen LogP contribution in [0.25, 0.3) is 0 Å². The molecule has 3 N–H and O–H groups in total. The first-order chi connectivity index (χ1) is 5.72. The van der Waals surface area contributed by atoms with Gasteiger partial charge >= 0.3 is 0 Å². The minimum absolute atomic E-state index is 0.799. The second-order valence-electron chi connectivity index (χ2n) is 2.35. The summed E-state index contributed by atoms with van der Waals surface area (Å²) >= 11 is 5.88. The largest absolute Gasteiger partial charge is 0.376 e. The maximum Gasteiger partial charge on any atom is 0.0639 e. The highest BCUT2D eigenvalue weighted by Crippen LogP contribution is 2.22. The van der Waals surface area contributed by atoms with Crippen LogP contribution in [0.1, 0.15) is 0 Å². The van der Waals surface area contributed by atoms with E-state index in [2.05, 4.69) is 5.90 Å². The van der Waals surface area contributed by atoms with Gasteiger partial charge in [-0.1, -0.05) is 23.7 Å². The molecule has 0 saturated heterocycles. The van der Waals surface area contributed by atoms with Crippen LogP contribution >= 0.6 is 11.6 Å². The quantitative estimate of drug-likeness (QED) is 0.661. The van der Waals surface area contributed by atoms with E-state index in [-0.39, 0.29) is 0 Å². The van der Waals surface area contributed by atoms with Crippen LogP contribution in [-0.4, -0.2) is 19.3 Å². The summed E-state index contributed by atoms with van der Waals surface area (Å²) in [5, 5.41) is 7.30. The molecule has 12 heavy (non-hydrogen) atoms. The highest BCUT2D eigenvalue weighted by molar-refractivity contribution is 6.33. The number of hydrogen-bond acceptors (Lipinski definition) is 3. The number of halogens is 1. The molecular formula is C8H13ClN2O. The molecule has 0 amide bonds. The van der Waals surface area contributed by atoms with Gasteiger partial charge in [-0.2, -0.15) is 0 Å². The van der Waals surface area contributed by atoms with Crippen molar-refractivity contribution in [2.24, 2.45) is 5.90 Å². The van der Waals surface area contributed by atoms with Gasteiger partial charge in [0.15, 0.2) is 0 Å². The average molecular weight is 189 g/mol. The Morgan fingerprint density at radius 1 is 1.25 bits per heavy atom. The summed E-state index contributed by atoms with van der Waals surface area (Å²) in [7, 11) is 3.95. The molecule has 0 heterocycles. The van der Waals surface area contributed by atoms with Crippen molar-refractivity contribution >= 4 is 17.3 Å². The van der Waals surface area contributed by atoms with Gasteiger partial charge in [0.05, 0.1) is 10.7 Å². The number of nitrogens with zero attached hydrogens (tertiary/aromatic N) is 1. The van der Waals surface area contributed by atoms with Crippen molar-refractivity contribution in [1.82, 2.24) is 0 Å². The van der Waals surface area contributed by atoms with E-state index in [0.717, 1.165) is 10.7 Å². The first-order valence-corrected chi connectivity index (χ1v) is 3.77. The Morgan fingerprint density at radius 3 is 2.08 bits per heavy atom. The van der Waals surface area contributed by atoms with Crippen LogP contribution in [0.2, 0.25) is 5.02 Å². The zero-order valence-electron chi connectivity index (χ0n) is 7.16. The summed E-state index contributed by atoms with van der Waals surface area (Å²) in [6.07, 6.45) is 0. The fourth-order valence-corrected chi connectivity index (χ4v) is 1.12. The molecule has 0 saturated carbocycles. The molecule has 0 atom stereocenters. The number of para-hydroxylation sites is 1. The summed E-state index contributed by atoms with van der Waals surface area (Å²) in [5.41, 5.74) is 1.06. The molecule has 0 spiro atoms. The lowest BCUT2D eigenvalue weighted by molar-refractivity contribution is 0.311. The summed E-state index contributed by atoms with van der Waals surface area (Å²) < 4.78 is 0. The fraction of sp³-hybridized carbons (Fsp3) is 0.250. The molecule has 68 valence electrons. The van der Waals surface area contributed by atoms with E-state index in [1.807, 2.05) is 43.3 Å². The van der Waals surface area contributed by atoms with Crippen molar-refractivity contribution in [2.45, 2.75) is 0 Å². The van der Waals surface area contributed by atoms with Crippen molar-refractivity contribution in [2.75, 3.05) is 19.0 Å². The second-order valence-corrected chi connectivity index (χ2v) is 2.75. The molecule has 0 bridgehead atoms. The van der Waals surface area contributed by atoms with Gasteiger partial charge < -0.3 is 10.1 Å². The van der Waals surface area contributed by atoms with Gasteiger partial charge in [-0.15, -0.1) is 0 Å². The molecule has 0 unspecified atom stereocenters. The van der Waals surface area contributed by atoms with Gasteiger partial charge in [0.1, 0.15) is 0 Å². The molecule has 1 aromatic carbocycles. The van der Waals surface area contributed by atoms with Gasteiger partial charge in [-0.05, 0) is 12.1 Å². The third-order valence-corrected chi connectivity index (χ3v) is 1.65. The predicted octanol–water partition coefficient (Wildman–Crippen LogP) is 1.74. The van der Waals surface area contributed by atoms with Crippen molar-refractivity contribution < 1.29 is 5.21 Å². The van der Waals surface area contributed by atoms with Crippen LogP contribution in [0.5, 0.6) is 0 Å². The van der Waals surface area contributed by atoms with Gasteiger partial charge in [-0.25, -0.2) is 5.90 Å². The molecule has 1 aromatic rings. The summed E-state index contributed by atoms with van der Waals surface area (Å²) in [5.74, 6) is 3.50. The van der Waals surface area contributed by atoms with E-state index in [1.165, 1.54) is 0 Å². The summed E-state index contributed by atoms with van der Waals surface area (Å²) in [6.45, 7) is 0. The monoisotopic (exact) mass is 188 g/mol. The molecule has 4 heteroatoms. The number of benzene rings is 1. The minimum Gasteiger partial charge on any atom is -0.376 e.